The zero-order valence-corrected chi connectivity index (χ0v) is 12.6. The van der Waals surface area contributed by atoms with Crippen molar-refractivity contribution in [2.75, 3.05) is 13.1 Å². The van der Waals surface area contributed by atoms with Gasteiger partial charge in [0, 0.05) is 25.2 Å². The van der Waals surface area contributed by atoms with Gasteiger partial charge in [-0.1, -0.05) is 12.1 Å². The number of nitrogens with two attached hydrogens (primary N) is 1. The second kappa shape index (κ2) is 6.70. The molecule has 1 aromatic carbocycles. The fourth-order valence-electron chi connectivity index (χ4n) is 3.07. The third-order valence-corrected chi connectivity index (χ3v) is 4.16. The number of primary amides is 1. The van der Waals surface area contributed by atoms with E-state index in [0.717, 1.165) is 26.2 Å². The van der Waals surface area contributed by atoms with Crippen LogP contribution in [0.2, 0.25) is 0 Å². The van der Waals surface area contributed by atoms with Gasteiger partial charge in [-0.25, -0.2) is 4.98 Å². The van der Waals surface area contributed by atoms with Gasteiger partial charge in [0.2, 0.25) is 5.91 Å². The number of aromatic nitrogens is 3. The lowest BCUT2D eigenvalue weighted by molar-refractivity contribution is 0.100. The topological polar surface area (TPSA) is 77.0 Å². The minimum Gasteiger partial charge on any atom is -0.366 e. The molecule has 2 aromatic rings. The second-order valence-electron chi connectivity index (χ2n) is 5.92. The number of likely N-dealkylation sites (tertiary alicyclic amines) is 1. The van der Waals surface area contributed by atoms with Gasteiger partial charge in [0.1, 0.15) is 12.7 Å². The van der Waals surface area contributed by atoms with E-state index in [4.69, 9.17) is 5.73 Å². The largest absolute Gasteiger partial charge is 0.366 e. The van der Waals surface area contributed by atoms with Crippen LogP contribution in [0.25, 0.3) is 0 Å². The Balaban J connectivity index is 1.56. The highest BCUT2D eigenvalue weighted by molar-refractivity contribution is 5.92. The number of nitrogens with zero attached hydrogens (tertiary/aromatic N) is 4. The molecule has 0 radical (unpaired) electrons. The van der Waals surface area contributed by atoms with Crippen molar-refractivity contribution in [3.05, 3.63) is 48.0 Å². The summed E-state index contributed by atoms with van der Waals surface area (Å²) in [6.07, 6.45) is 5.80. The van der Waals surface area contributed by atoms with E-state index >= 15 is 0 Å². The molecule has 0 aliphatic carbocycles. The maximum atomic E-state index is 11.1. The first-order valence-corrected chi connectivity index (χ1v) is 7.64. The fraction of sp³-hybridized carbons (Fsp3) is 0.438. The van der Waals surface area contributed by atoms with E-state index in [1.807, 2.05) is 16.8 Å². The van der Waals surface area contributed by atoms with E-state index in [1.165, 1.54) is 18.4 Å². The molecule has 22 heavy (non-hydrogen) atoms. The molecule has 0 spiro atoms. The molecule has 0 bridgehead atoms. The molecule has 1 atom stereocenters. The molecule has 1 saturated heterocycles. The molecule has 6 nitrogen and oxygen atoms in total. The Labute approximate surface area is 129 Å². The van der Waals surface area contributed by atoms with Crippen LogP contribution in [0.5, 0.6) is 0 Å². The molecule has 1 amide bonds. The van der Waals surface area contributed by atoms with Crippen LogP contribution in [0.3, 0.4) is 0 Å². The lowest BCUT2D eigenvalue weighted by Gasteiger charge is -2.32. The van der Waals surface area contributed by atoms with Gasteiger partial charge in [-0.3, -0.25) is 14.4 Å². The highest BCUT2D eigenvalue weighted by Gasteiger charge is 2.20. The minimum atomic E-state index is -0.377. The van der Waals surface area contributed by atoms with Crippen molar-refractivity contribution < 1.29 is 4.79 Å². The summed E-state index contributed by atoms with van der Waals surface area (Å²) in [4.78, 5) is 17.6. The van der Waals surface area contributed by atoms with Gasteiger partial charge in [0.15, 0.2) is 0 Å². The Morgan fingerprint density at radius 2 is 2.14 bits per heavy atom. The number of piperidine rings is 1. The second-order valence-corrected chi connectivity index (χ2v) is 5.92. The van der Waals surface area contributed by atoms with E-state index in [0.29, 0.717) is 11.5 Å². The Hall–Kier alpha value is -2.21. The summed E-state index contributed by atoms with van der Waals surface area (Å²) in [5, 5.41) is 4.19. The first-order valence-electron chi connectivity index (χ1n) is 7.64. The molecule has 0 saturated carbocycles. The van der Waals surface area contributed by atoms with Crippen LogP contribution in [0.4, 0.5) is 0 Å². The lowest BCUT2D eigenvalue weighted by atomic mass is 9.97. The van der Waals surface area contributed by atoms with Crippen LogP contribution in [0.15, 0.2) is 36.9 Å². The van der Waals surface area contributed by atoms with Crippen LogP contribution < -0.4 is 5.73 Å². The zero-order valence-electron chi connectivity index (χ0n) is 12.6. The van der Waals surface area contributed by atoms with Gasteiger partial charge in [-0.15, -0.1) is 0 Å². The first-order chi connectivity index (χ1) is 10.7. The number of carbonyl (C=O) groups excluding carboxylic acids is 1. The van der Waals surface area contributed by atoms with Crippen molar-refractivity contribution in [3.8, 4) is 0 Å². The minimum absolute atomic E-state index is 0.377. The van der Waals surface area contributed by atoms with Gasteiger partial charge in [0.05, 0.1) is 0 Å². The molecule has 2 heterocycles. The third kappa shape index (κ3) is 3.71. The van der Waals surface area contributed by atoms with Gasteiger partial charge in [0.25, 0.3) is 0 Å². The number of carbonyl (C=O) groups is 1. The quantitative estimate of drug-likeness (QED) is 0.902. The number of rotatable bonds is 5. The van der Waals surface area contributed by atoms with E-state index in [-0.39, 0.29) is 5.91 Å². The highest BCUT2D eigenvalue weighted by atomic mass is 16.1. The Morgan fingerprint density at radius 3 is 2.82 bits per heavy atom. The van der Waals surface area contributed by atoms with E-state index in [1.54, 1.807) is 24.8 Å². The van der Waals surface area contributed by atoms with Crippen molar-refractivity contribution in [1.29, 1.82) is 0 Å². The van der Waals surface area contributed by atoms with E-state index in [2.05, 4.69) is 15.0 Å². The van der Waals surface area contributed by atoms with Gasteiger partial charge in [-0.2, -0.15) is 5.10 Å². The van der Waals surface area contributed by atoms with Crippen LogP contribution in [-0.2, 0) is 13.1 Å². The number of hydrogen-bond acceptors (Lipinski definition) is 4. The summed E-state index contributed by atoms with van der Waals surface area (Å²) in [6, 6.07) is 7.57. The standard InChI is InChI=1S/C16H21N5O/c17-16(22)15-5-3-13(4-6-15)8-20-7-1-2-14(9-20)10-21-12-18-11-19-21/h3-6,11-12,14H,1-2,7-10H2,(H2,17,22)/t14-/m0/s1. The molecule has 1 aliphatic heterocycles. The monoisotopic (exact) mass is 299 g/mol. The Kier molecular flexibility index (Phi) is 4.48. The Morgan fingerprint density at radius 1 is 1.32 bits per heavy atom. The molecule has 1 fully saturated rings. The molecular weight excluding hydrogens is 278 g/mol. The molecule has 3 rings (SSSR count). The molecule has 2 N–H and O–H groups in total. The summed E-state index contributed by atoms with van der Waals surface area (Å²) >= 11 is 0. The first kappa shape index (κ1) is 14.7. The summed E-state index contributed by atoms with van der Waals surface area (Å²) in [7, 11) is 0. The van der Waals surface area contributed by atoms with Crippen molar-refractivity contribution in [2.24, 2.45) is 11.7 Å². The SMILES string of the molecule is NC(=O)c1ccc(CN2CCC[C@H](Cn3cncn3)C2)cc1. The average Bonchev–Trinajstić information content (AvgIpc) is 3.01. The van der Waals surface area contributed by atoms with Crippen molar-refractivity contribution >= 4 is 5.91 Å². The lowest BCUT2D eigenvalue weighted by Crippen LogP contribution is -2.36. The smallest absolute Gasteiger partial charge is 0.248 e. The summed E-state index contributed by atoms with van der Waals surface area (Å²) in [6.45, 7) is 4.02. The van der Waals surface area contributed by atoms with Crippen LogP contribution in [0.1, 0.15) is 28.8 Å². The number of hydrogen-bond donors (Lipinski definition) is 1. The predicted molar refractivity (Wildman–Crippen MR) is 83.0 cm³/mol. The maximum absolute atomic E-state index is 11.1. The normalized spacial score (nSPS) is 19.2. The average molecular weight is 299 g/mol. The summed E-state index contributed by atoms with van der Waals surface area (Å²) in [5.41, 5.74) is 7.04. The summed E-state index contributed by atoms with van der Waals surface area (Å²) in [5.74, 6) is 0.234. The van der Waals surface area contributed by atoms with E-state index in [9.17, 15) is 4.79 Å². The van der Waals surface area contributed by atoms with Crippen LogP contribution in [0, 0.1) is 5.92 Å². The van der Waals surface area contributed by atoms with Gasteiger partial charge < -0.3 is 5.73 Å². The molecule has 1 aliphatic rings. The molecule has 6 heteroatoms. The highest BCUT2D eigenvalue weighted by Crippen LogP contribution is 2.20. The molecule has 0 unspecified atom stereocenters. The number of amides is 1. The van der Waals surface area contributed by atoms with Crippen LogP contribution in [-0.4, -0.2) is 38.7 Å². The zero-order chi connectivity index (χ0) is 15.4. The molecule has 1 aromatic heterocycles. The Bertz CT molecular complexity index is 608. The molecular formula is C16H21N5O. The van der Waals surface area contributed by atoms with Gasteiger partial charge >= 0.3 is 0 Å². The van der Waals surface area contributed by atoms with Crippen molar-refractivity contribution in [2.45, 2.75) is 25.9 Å². The fourth-order valence-corrected chi connectivity index (χ4v) is 3.07. The third-order valence-electron chi connectivity index (χ3n) is 4.16. The van der Waals surface area contributed by atoms with Gasteiger partial charge in [-0.05, 0) is 43.0 Å². The van der Waals surface area contributed by atoms with Crippen molar-refractivity contribution in [1.82, 2.24) is 19.7 Å². The predicted octanol–water partition coefficient (Wildman–Crippen LogP) is 1.29. The summed E-state index contributed by atoms with van der Waals surface area (Å²) < 4.78 is 1.91. The molecule has 116 valence electrons. The van der Waals surface area contributed by atoms with Crippen molar-refractivity contribution in [3.63, 3.8) is 0 Å². The maximum Gasteiger partial charge on any atom is 0.248 e. The number of benzene rings is 1. The van der Waals surface area contributed by atoms with E-state index < -0.39 is 0 Å². The van der Waals surface area contributed by atoms with Crippen LogP contribution >= 0.6 is 0 Å².